The van der Waals surface area contributed by atoms with Crippen LogP contribution in [0.15, 0.2) is 6.07 Å². The minimum atomic E-state index is 0.223. The standard InChI is InChI=1S/C10H18N4/c1-4-9(6-10(11)12)14-8(3)5-7(2)13-14/h5,9H,4,6H2,1-3H3,(H3,11,12). The van der Waals surface area contributed by atoms with Crippen LogP contribution in [0.1, 0.15) is 37.2 Å². The number of nitrogens with zero attached hydrogens (tertiary/aromatic N) is 2. The fraction of sp³-hybridized carbons (Fsp3) is 0.600. The van der Waals surface area contributed by atoms with Gasteiger partial charge in [-0.05, 0) is 26.3 Å². The van der Waals surface area contributed by atoms with E-state index in [-0.39, 0.29) is 11.9 Å². The summed E-state index contributed by atoms with van der Waals surface area (Å²) in [6.45, 7) is 6.09. The number of nitrogens with two attached hydrogens (primary N) is 1. The van der Waals surface area contributed by atoms with Crippen LogP contribution in [0.3, 0.4) is 0 Å². The number of nitrogens with one attached hydrogen (secondary N) is 1. The summed E-state index contributed by atoms with van der Waals surface area (Å²) >= 11 is 0. The van der Waals surface area contributed by atoms with Gasteiger partial charge < -0.3 is 5.73 Å². The molecule has 1 unspecified atom stereocenters. The van der Waals surface area contributed by atoms with Gasteiger partial charge in [-0.2, -0.15) is 5.10 Å². The summed E-state index contributed by atoms with van der Waals surface area (Å²) in [5.74, 6) is 0.226. The van der Waals surface area contributed by atoms with Gasteiger partial charge in [0.15, 0.2) is 0 Å². The molecule has 0 amide bonds. The normalized spacial score (nSPS) is 12.8. The molecule has 0 bridgehead atoms. The van der Waals surface area contributed by atoms with Crippen LogP contribution in [0.25, 0.3) is 0 Å². The number of aromatic nitrogens is 2. The molecule has 1 atom stereocenters. The molecular weight excluding hydrogens is 176 g/mol. The lowest BCUT2D eigenvalue weighted by Gasteiger charge is -2.16. The molecule has 14 heavy (non-hydrogen) atoms. The highest BCUT2D eigenvalue weighted by Crippen LogP contribution is 2.17. The maximum Gasteiger partial charge on any atom is 0.0926 e. The lowest BCUT2D eigenvalue weighted by atomic mass is 10.1. The molecule has 0 aliphatic heterocycles. The van der Waals surface area contributed by atoms with Crippen molar-refractivity contribution in [1.29, 1.82) is 5.41 Å². The van der Waals surface area contributed by atoms with Gasteiger partial charge in [0.25, 0.3) is 0 Å². The molecule has 4 heteroatoms. The lowest BCUT2D eigenvalue weighted by Crippen LogP contribution is -2.20. The summed E-state index contributed by atoms with van der Waals surface area (Å²) in [7, 11) is 0. The SMILES string of the molecule is CCC(CC(=N)N)n1nc(C)cc1C. The number of aryl methyl sites for hydroxylation is 2. The van der Waals surface area contributed by atoms with Crippen LogP contribution in [0, 0.1) is 19.3 Å². The zero-order valence-corrected chi connectivity index (χ0v) is 9.04. The van der Waals surface area contributed by atoms with E-state index in [4.69, 9.17) is 11.1 Å². The van der Waals surface area contributed by atoms with E-state index in [1.165, 1.54) is 0 Å². The van der Waals surface area contributed by atoms with E-state index in [1.54, 1.807) is 0 Å². The third-order valence-electron chi connectivity index (χ3n) is 2.32. The first-order valence-corrected chi connectivity index (χ1v) is 4.90. The molecule has 0 aliphatic carbocycles. The third-order valence-corrected chi connectivity index (χ3v) is 2.32. The molecule has 0 fully saturated rings. The summed E-state index contributed by atoms with van der Waals surface area (Å²) in [6.07, 6.45) is 1.53. The molecule has 78 valence electrons. The number of hydrogen-bond donors (Lipinski definition) is 2. The van der Waals surface area contributed by atoms with Gasteiger partial charge in [-0.25, -0.2) is 0 Å². The van der Waals surface area contributed by atoms with E-state index in [2.05, 4.69) is 12.0 Å². The predicted octanol–water partition coefficient (Wildman–Crippen LogP) is 1.78. The van der Waals surface area contributed by atoms with Gasteiger partial charge in [0.1, 0.15) is 0 Å². The van der Waals surface area contributed by atoms with Crippen LogP contribution in [0.2, 0.25) is 0 Å². The predicted molar refractivity (Wildman–Crippen MR) is 57.6 cm³/mol. The second-order valence-corrected chi connectivity index (χ2v) is 3.66. The van der Waals surface area contributed by atoms with Crippen LogP contribution < -0.4 is 5.73 Å². The number of hydrogen-bond acceptors (Lipinski definition) is 2. The van der Waals surface area contributed by atoms with Gasteiger partial charge in [-0.1, -0.05) is 6.92 Å². The molecule has 3 N–H and O–H groups in total. The maximum atomic E-state index is 7.29. The van der Waals surface area contributed by atoms with Crippen LogP contribution in [0.5, 0.6) is 0 Å². The van der Waals surface area contributed by atoms with Gasteiger partial charge in [-0.3, -0.25) is 10.1 Å². The van der Waals surface area contributed by atoms with Crippen molar-refractivity contribution in [2.24, 2.45) is 5.73 Å². The Kier molecular flexibility index (Phi) is 3.28. The Bertz CT molecular complexity index is 327. The molecule has 0 radical (unpaired) electrons. The fourth-order valence-electron chi connectivity index (χ4n) is 1.67. The van der Waals surface area contributed by atoms with Crippen molar-refractivity contribution in [2.45, 2.75) is 39.7 Å². The van der Waals surface area contributed by atoms with Crippen molar-refractivity contribution in [3.8, 4) is 0 Å². The molecule has 0 saturated carbocycles. The average molecular weight is 194 g/mol. The Morgan fingerprint density at radius 1 is 1.64 bits per heavy atom. The van der Waals surface area contributed by atoms with E-state index in [0.29, 0.717) is 6.42 Å². The van der Waals surface area contributed by atoms with Gasteiger partial charge in [0, 0.05) is 12.1 Å². The van der Waals surface area contributed by atoms with Gasteiger partial charge in [0.2, 0.25) is 0 Å². The topological polar surface area (TPSA) is 67.7 Å². The fourth-order valence-corrected chi connectivity index (χ4v) is 1.67. The Morgan fingerprint density at radius 3 is 2.64 bits per heavy atom. The van der Waals surface area contributed by atoms with Crippen LogP contribution in [-0.4, -0.2) is 15.6 Å². The number of amidine groups is 1. The molecular formula is C10H18N4. The molecule has 1 aromatic heterocycles. The highest BCUT2D eigenvalue weighted by molar-refractivity contribution is 5.77. The molecule has 0 spiro atoms. The zero-order valence-electron chi connectivity index (χ0n) is 9.04. The highest BCUT2D eigenvalue weighted by atomic mass is 15.3. The second kappa shape index (κ2) is 4.26. The van der Waals surface area contributed by atoms with Crippen molar-refractivity contribution < 1.29 is 0 Å². The van der Waals surface area contributed by atoms with E-state index in [1.807, 2.05) is 24.6 Å². The summed E-state index contributed by atoms with van der Waals surface area (Å²) in [5.41, 5.74) is 7.56. The first kappa shape index (κ1) is 10.8. The van der Waals surface area contributed by atoms with Gasteiger partial charge in [0.05, 0.1) is 17.6 Å². The third kappa shape index (κ3) is 2.34. The van der Waals surface area contributed by atoms with Crippen molar-refractivity contribution in [3.63, 3.8) is 0 Å². The first-order valence-electron chi connectivity index (χ1n) is 4.90. The van der Waals surface area contributed by atoms with Crippen molar-refractivity contribution in [2.75, 3.05) is 0 Å². The van der Waals surface area contributed by atoms with Gasteiger partial charge in [-0.15, -0.1) is 0 Å². The molecule has 1 rings (SSSR count). The minimum Gasteiger partial charge on any atom is -0.388 e. The average Bonchev–Trinajstić information content (AvgIpc) is 2.41. The minimum absolute atomic E-state index is 0.223. The maximum absolute atomic E-state index is 7.29. The number of rotatable bonds is 4. The summed E-state index contributed by atoms with van der Waals surface area (Å²) in [5, 5.41) is 11.7. The van der Waals surface area contributed by atoms with Crippen molar-refractivity contribution in [3.05, 3.63) is 17.5 Å². The molecule has 4 nitrogen and oxygen atoms in total. The highest BCUT2D eigenvalue weighted by Gasteiger charge is 2.13. The van der Waals surface area contributed by atoms with Crippen LogP contribution >= 0.6 is 0 Å². The van der Waals surface area contributed by atoms with Crippen molar-refractivity contribution >= 4 is 5.84 Å². The largest absolute Gasteiger partial charge is 0.388 e. The summed E-state index contributed by atoms with van der Waals surface area (Å²) < 4.78 is 1.97. The monoisotopic (exact) mass is 194 g/mol. The Morgan fingerprint density at radius 2 is 2.29 bits per heavy atom. The van der Waals surface area contributed by atoms with E-state index in [9.17, 15) is 0 Å². The van der Waals surface area contributed by atoms with E-state index >= 15 is 0 Å². The van der Waals surface area contributed by atoms with E-state index < -0.39 is 0 Å². The molecule has 0 aromatic carbocycles. The summed E-state index contributed by atoms with van der Waals surface area (Å²) in [4.78, 5) is 0. The smallest absolute Gasteiger partial charge is 0.0926 e. The quantitative estimate of drug-likeness (QED) is 0.566. The first-order chi connectivity index (χ1) is 6.54. The second-order valence-electron chi connectivity index (χ2n) is 3.66. The summed E-state index contributed by atoms with van der Waals surface area (Å²) in [6, 6.07) is 2.27. The van der Waals surface area contributed by atoms with Crippen molar-refractivity contribution in [1.82, 2.24) is 9.78 Å². The molecule has 0 aliphatic rings. The van der Waals surface area contributed by atoms with Crippen LogP contribution in [0.4, 0.5) is 0 Å². The molecule has 1 aromatic rings. The Labute approximate surface area is 84.6 Å². The van der Waals surface area contributed by atoms with Crippen LogP contribution in [-0.2, 0) is 0 Å². The Hall–Kier alpha value is -1.32. The Balaban J connectivity index is 2.88. The lowest BCUT2D eigenvalue weighted by molar-refractivity contribution is 0.441. The molecule has 0 saturated heterocycles. The van der Waals surface area contributed by atoms with E-state index in [0.717, 1.165) is 17.8 Å². The van der Waals surface area contributed by atoms with Gasteiger partial charge >= 0.3 is 0 Å². The zero-order chi connectivity index (χ0) is 10.7. The molecule has 1 heterocycles.